The van der Waals surface area contributed by atoms with Gasteiger partial charge in [0.2, 0.25) is 0 Å². The molecule has 20 heavy (non-hydrogen) atoms. The molecule has 0 saturated heterocycles. The van der Waals surface area contributed by atoms with Crippen molar-refractivity contribution in [1.29, 1.82) is 0 Å². The molecular formula is C15H17NO4. The quantitative estimate of drug-likeness (QED) is 0.512. The van der Waals surface area contributed by atoms with Gasteiger partial charge in [-0.25, -0.2) is 9.78 Å². The van der Waals surface area contributed by atoms with Gasteiger partial charge >= 0.3 is 5.97 Å². The number of ether oxygens (including phenoxy) is 3. The Morgan fingerprint density at radius 2 is 1.65 bits per heavy atom. The van der Waals surface area contributed by atoms with Crippen LogP contribution in [0.5, 0.6) is 11.5 Å². The molecule has 1 aromatic rings. The number of hydrogen-bond donors (Lipinski definition) is 0. The number of esters is 1. The second kappa shape index (κ2) is 8.53. The zero-order valence-electron chi connectivity index (χ0n) is 11.2. The molecule has 0 radical (unpaired) electrons. The number of carbonyl (C=O) groups excluding carboxylic acids is 1. The van der Waals surface area contributed by atoms with Gasteiger partial charge in [0.25, 0.3) is 0 Å². The van der Waals surface area contributed by atoms with Crippen LogP contribution in [0.25, 0.3) is 0 Å². The largest absolute Gasteiger partial charge is 0.486 e. The van der Waals surface area contributed by atoms with Crippen molar-refractivity contribution in [2.45, 2.75) is 0 Å². The molecule has 0 atom stereocenters. The summed E-state index contributed by atoms with van der Waals surface area (Å²) in [7, 11) is 0. The highest BCUT2D eigenvalue weighted by molar-refractivity contribution is 5.88. The fraction of sp³-hybridized carbons (Fsp3) is 0.200. The molecule has 0 aliphatic heterocycles. The first-order valence-corrected chi connectivity index (χ1v) is 5.98. The van der Waals surface area contributed by atoms with Crippen LogP contribution in [0.4, 0.5) is 0 Å². The molecule has 0 spiro atoms. The van der Waals surface area contributed by atoms with E-state index in [2.05, 4.69) is 24.7 Å². The van der Waals surface area contributed by atoms with Crippen molar-refractivity contribution in [3.05, 3.63) is 55.9 Å². The van der Waals surface area contributed by atoms with Crippen LogP contribution >= 0.6 is 0 Å². The van der Waals surface area contributed by atoms with E-state index in [1.807, 2.05) is 0 Å². The summed E-state index contributed by atoms with van der Waals surface area (Å²) in [5.41, 5.74) is 0.136. The molecule has 5 nitrogen and oxygen atoms in total. The van der Waals surface area contributed by atoms with E-state index in [1.165, 1.54) is 18.3 Å². The van der Waals surface area contributed by atoms with Gasteiger partial charge in [-0.2, -0.15) is 0 Å². The van der Waals surface area contributed by atoms with Crippen LogP contribution in [0.1, 0.15) is 10.5 Å². The molecule has 0 unspecified atom stereocenters. The molecule has 0 N–H and O–H groups in total. The Labute approximate surface area is 118 Å². The van der Waals surface area contributed by atoms with Gasteiger partial charge in [-0.15, -0.1) is 0 Å². The van der Waals surface area contributed by atoms with Crippen molar-refractivity contribution >= 4 is 5.97 Å². The van der Waals surface area contributed by atoms with Gasteiger partial charge in [0.05, 0.1) is 6.20 Å². The Morgan fingerprint density at radius 3 is 2.25 bits per heavy atom. The van der Waals surface area contributed by atoms with Gasteiger partial charge in [0.1, 0.15) is 19.8 Å². The number of rotatable bonds is 9. The first-order valence-electron chi connectivity index (χ1n) is 5.98. The van der Waals surface area contributed by atoms with Crippen molar-refractivity contribution in [1.82, 2.24) is 4.98 Å². The molecule has 0 fully saturated rings. The lowest BCUT2D eigenvalue weighted by molar-refractivity contribution is 0.0542. The molecule has 0 amide bonds. The SMILES string of the molecule is C=CCOC(=O)c1cc(OCC=C)c(OCC=C)cn1. The summed E-state index contributed by atoms with van der Waals surface area (Å²) in [6.45, 7) is 11.3. The summed E-state index contributed by atoms with van der Waals surface area (Å²) in [6, 6.07) is 1.47. The summed E-state index contributed by atoms with van der Waals surface area (Å²) in [5.74, 6) is 0.267. The van der Waals surface area contributed by atoms with E-state index in [4.69, 9.17) is 14.2 Å². The van der Waals surface area contributed by atoms with Gasteiger partial charge in [0, 0.05) is 6.07 Å². The van der Waals surface area contributed by atoms with Crippen molar-refractivity contribution in [2.24, 2.45) is 0 Å². The van der Waals surface area contributed by atoms with Crippen LogP contribution in [0.15, 0.2) is 50.2 Å². The minimum atomic E-state index is -0.552. The smallest absolute Gasteiger partial charge is 0.357 e. The molecule has 5 heteroatoms. The third-order valence-electron chi connectivity index (χ3n) is 2.09. The highest BCUT2D eigenvalue weighted by Gasteiger charge is 2.14. The Morgan fingerprint density at radius 1 is 1.05 bits per heavy atom. The fourth-order valence-electron chi connectivity index (χ4n) is 1.26. The molecule has 106 valence electrons. The third kappa shape index (κ3) is 4.61. The van der Waals surface area contributed by atoms with Crippen LogP contribution in [0.3, 0.4) is 0 Å². The highest BCUT2D eigenvalue weighted by atomic mass is 16.5. The predicted molar refractivity (Wildman–Crippen MR) is 76.1 cm³/mol. The van der Waals surface area contributed by atoms with Crippen LogP contribution < -0.4 is 9.47 Å². The van der Waals surface area contributed by atoms with Crippen molar-refractivity contribution in [3.63, 3.8) is 0 Å². The lowest BCUT2D eigenvalue weighted by atomic mass is 10.3. The van der Waals surface area contributed by atoms with E-state index < -0.39 is 5.97 Å². The van der Waals surface area contributed by atoms with Crippen molar-refractivity contribution in [3.8, 4) is 11.5 Å². The topological polar surface area (TPSA) is 57.7 Å². The van der Waals surface area contributed by atoms with Crippen LogP contribution in [0, 0.1) is 0 Å². The van der Waals surface area contributed by atoms with Crippen molar-refractivity contribution < 1.29 is 19.0 Å². The van der Waals surface area contributed by atoms with Gasteiger partial charge in [-0.1, -0.05) is 38.0 Å². The average molecular weight is 275 g/mol. The maximum atomic E-state index is 11.7. The van der Waals surface area contributed by atoms with E-state index in [0.717, 1.165) is 0 Å². The minimum Gasteiger partial charge on any atom is -0.486 e. The Hall–Kier alpha value is -2.56. The predicted octanol–water partition coefficient (Wildman–Crippen LogP) is 2.55. The van der Waals surface area contributed by atoms with E-state index in [9.17, 15) is 4.79 Å². The normalized spacial score (nSPS) is 9.40. The second-order valence-electron chi connectivity index (χ2n) is 3.60. The van der Waals surface area contributed by atoms with E-state index in [-0.39, 0.29) is 18.9 Å². The molecule has 0 aromatic carbocycles. The van der Waals surface area contributed by atoms with Crippen LogP contribution in [-0.2, 0) is 4.74 Å². The maximum Gasteiger partial charge on any atom is 0.357 e. The molecular weight excluding hydrogens is 258 g/mol. The average Bonchev–Trinajstić information content (AvgIpc) is 2.48. The van der Waals surface area contributed by atoms with Crippen LogP contribution in [-0.4, -0.2) is 30.8 Å². The Bertz CT molecular complexity index is 497. The van der Waals surface area contributed by atoms with E-state index in [1.54, 1.807) is 12.2 Å². The standard InChI is InChI=1S/C15H17NO4/c1-4-7-18-13-10-12(15(17)20-9-6-3)16-11-14(13)19-8-5-2/h4-6,10-11H,1-3,7-9H2. The first kappa shape index (κ1) is 15.5. The van der Waals surface area contributed by atoms with Gasteiger partial charge in [0.15, 0.2) is 17.2 Å². The molecule has 1 rings (SSSR count). The summed E-state index contributed by atoms with van der Waals surface area (Å²) in [4.78, 5) is 15.7. The fourth-order valence-corrected chi connectivity index (χ4v) is 1.26. The Kier molecular flexibility index (Phi) is 6.61. The van der Waals surface area contributed by atoms with Gasteiger partial charge < -0.3 is 14.2 Å². The zero-order chi connectivity index (χ0) is 14.8. The lowest BCUT2D eigenvalue weighted by Crippen LogP contribution is -2.09. The minimum absolute atomic E-state index is 0.123. The molecule has 1 aromatic heterocycles. The number of carbonyl (C=O) groups is 1. The maximum absolute atomic E-state index is 11.7. The molecule has 0 aliphatic carbocycles. The summed E-state index contributed by atoms with van der Waals surface area (Å²) in [5, 5.41) is 0. The zero-order valence-corrected chi connectivity index (χ0v) is 11.2. The molecule has 0 bridgehead atoms. The number of aromatic nitrogens is 1. The summed E-state index contributed by atoms with van der Waals surface area (Å²) in [6.07, 6.45) is 6.08. The third-order valence-corrected chi connectivity index (χ3v) is 2.09. The van der Waals surface area contributed by atoms with Gasteiger partial charge in [-0.05, 0) is 0 Å². The van der Waals surface area contributed by atoms with E-state index in [0.29, 0.717) is 18.1 Å². The van der Waals surface area contributed by atoms with Gasteiger partial charge in [-0.3, -0.25) is 0 Å². The molecule has 0 aliphatic rings. The van der Waals surface area contributed by atoms with Crippen LogP contribution in [0.2, 0.25) is 0 Å². The summed E-state index contributed by atoms with van der Waals surface area (Å²) < 4.78 is 15.7. The monoisotopic (exact) mass is 275 g/mol. The summed E-state index contributed by atoms with van der Waals surface area (Å²) >= 11 is 0. The lowest BCUT2D eigenvalue weighted by Gasteiger charge is -2.11. The first-order chi connectivity index (χ1) is 9.72. The van der Waals surface area contributed by atoms with Crippen molar-refractivity contribution in [2.75, 3.05) is 19.8 Å². The highest BCUT2D eigenvalue weighted by Crippen LogP contribution is 2.27. The Balaban J connectivity index is 2.92. The van der Waals surface area contributed by atoms with E-state index >= 15 is 0 Å². The molecule has 1 heterocycles. The molecule has 0 saturated carbocycles. The number of pyridine rings is 1. The second-order valence-corrected chi connectivity index (χ2v) is 3.60. The number of nitrogens with zero attached hydrogens (tertiary/aromatic N) is 1. The number of hydrogen-bond acceptors (Lipinski definition) is 5.